The van der Waals surface area contributed by atoms with Crippen molar-refractivity contribution in [2.24, 2.45) is 0 Å². The van der Waals surface area contributed by atoms with Crippen molar-refractivity contribution in [3.63, 3.8) is 0 Å². The van der Waals surface area contributed by atoms with Crippen molar-refractivity contribution >= 4 is 11.7 Å². The molecule has 1 fully saturated rings. The molecule has 0 amide bonds. The maximum absolute atomic E-state index is 11.8. The second-order valence-electron chi connectivity index (χ2n) is 4.33. The van der Waals surface area contributed by atoms with E-state index in [0.717, 1.165) is 37.4 Å². The van der Waals surface area contributed by atoms with Crippen molar-refractivity contribution in [2.45, 2.75) is 19.8 Å². The van der Waals surface area contributed by atoms with Crippen LogP contribution in [-0.2, 0) is 4.74 Å². The summed E-state index contributed by atoms with van der Waals surface area (Å²) in [5.41, 5.74) is 1.47. The van der Waals surface area contributed by atoms with Gasteiger partial charge < -0.3 is 14.4 Å². The first kappa shape index (κ1) is 12.7. The van der Waals surface area contributed by atoms with Gasteiger partial charge in [0, 0.05) is 13.1 Å². The zero-order valence-electron chi connectivity index (χ0n) is 10.9. The summed E-state index contributed by atoms with van der Waals surface area (Å²) in [4.78, 5) is 14.0. The molecule has 4 heteroatoms. The van der Waals surface area contributed by atoms with Crippen LogP contribution in [0.25, 0.3) is 0 Å². The van der Waals surface area contributed by atoms with Crippen LogP contribution in [0.5, 0.6) is 5.75 Å². The summed E-state index contributed by atoms with van der Waals surface area (Å²) in [7, 11) is 1.40. The van der Waals surface area contributed by atoms with Gasteiger partial charge in [-0.05, 0) is 25.0 Å². The SMILES string of the molecule is CCCOc1cccc(C(=O)OC)c1N1CCC1. The summed E-state index contributed by atoms with van der Waals surface area (Å²) in [6, 6.07) is 5.54. The molecule has 0 spiro atoms. The Hall–Kier alpha value is -1.71. The van der Waals surface area contributed by atoms with E-state index in [1.807, 2.05) is 12.1 Å². The summed E-state index contributed by atoms with van der Waals surface area (Å²) in [6.45, 7) is 4.66. The lowest BCUT2D eigenvalue weighted by atomic mass is 10.1. The summed E-state index contributed by atoms with van der Waals surface area (Å²) in [5.74, 6) is 0.471. The zero-order chi connectivity index (χ0) is 13.0. The quantitative estimate of drug-likeness (QED) is 0.751. The maximum Gasteiger partial charge on any atom is 0.340 e. The molecule has 0 aliphatic carbocycles. The van der Waals surface area contributed by atoms with E-state index in [2.05, 4.69) is 11.8 Å². The van der Waals surface area contributed by atoms with Crippen molar-refractivity contribution in [3.8, 4) is 5.75 Å². The molecule has 1 aliphatic heterocycles. The minimum Gasteiger partial charge on any atom is -0.491 e. The number of anilines is 1. The number of hydrogen-bond donors (Lipinski definition) is 0. The van der Waals surface area contributed by atoms with Gasteiger partial charge in [-0.25, -0.2) is 4.79 Å². The van der Waals surface area contributed by atoms with Gasteiger partial charge in [0.2, 0.25) is 0 Å². The smallest absolute Gasteiger partial charge is 0.340 e. The van der Waals surface area contributed by atoms with E-state index in [-0.39, 0.29) is 5.97 Å². The Labute approximate surface area is 107 Å². The summed E-state index contributed by atoms with van der Waals surface area (Å²) in [6.07, 6.45) is 2.10. The highest BCUT2D eigenvalue weighted by atomic mass is 16.5. The molecule has 18 heavy (non-hydrogen) atoms. The molecule has 0 radical (unpaired) electrons. The second kappa shape index (κ2) is 5.76. The standard InChI is InChI=1S/C14H19NO3/c1-3-10-18-12-7-4-6-11(14(16)17-2)13(12)15-8-5-9-15/h4,6-7H,3,5,8-10H2,1-2H3. The predicted octanol–water partition coefficient (Wildman–Crippen LogP) is 2.47. The van der Waals surface area contributed by atoms with Gasteiger partial charge in [0.1, 0.15) is 5.75 Å². The number of esters is 1. The van der Waals surface area contributed by atoms with Crippen LogP contribution in [0.2, 0.25) is 0 Å². The van der Waals surface area contributed by atoms with Crippen LogP contribution in [0.1, 0.15) is 30.1 Å². The fourth-order valence-corrected chi connectivity index (χ4v) is 1.99. The van der Waals surface area contributed by atoms with Crippen LogP contribution in [0, 0.1) is 0 Å². The van der Waals surface area contributed by atoms with Gasteiger partial charge in [-0.2, -0.15) is 0 Å². The number of benzene rings is 1. The van der Waals surface area contributed by atoms with E-state index in [9.17, 15) is 4.79 Å². The van der Waals surface area contributed by atoms with Gasteiger partial charge in [-0.15, -0.1) is 0 Å². The summed E-state index contributed by atoms with van der Waals surface area (Å²) in [5, 5.41) is 0. The molecule has 0 saturated carbocycles. The fraction of sp³-hybridized carbons (Fsp3) is 0.500. The molecule has 1 aromatic carbocycles. The third-order valence-electron chi connectivity index (χ3n) is 3.04. The molecule has 4 nitrogen and oxygen atoms in total. The first-order chi connectivity index (χ1) is 8.77. The minimum absolute atomic E-state index is 0.307. The first-order valence-electron chi connectivity index (χ1n) is 6.37. The lowest BCUT2D eigenvalue weighted by Crippen LogP contribution is -2.38. The van der Waals surface area contributed by atoms with Crippen molar-refractivity contribution in [3.05, 3.63) is 23.8 Å². The number of rotatable bonds is 5. The van der Waals surface area contributed by atoms with E-state index in [0.29, 0.717) is 12.2 Å². The summed E-state index contributed by atoms with van der Waals surface area (Å²) >= 11 is 0. The molecule has 1 heterocycles. The van der Waals surface area contributed by atoms with Crippen LogP contribution in [0.4, 0.5) is 5.69 Å². The fourth-order valence-electron chi connectivity index (χ4n) is 1.99. The Morgan fingerprint density at radius 2 is 2.17 bits per heavy atom. The van der Waals surface area contributed by atoms with Crippen molar-refractivity contribution in [1.29, 1.82) is 0 Å². The highest BCUT2D eigenvalue weighted by Gasteiger charge is 2.25. The first-order valence-corrected chi connectivity index (χ1v) is 6.37. The molecule has 0 N–H and O–H groups in total. The molecule has 0 unspecified atom stereocenters. The Kier molecular flexibility index (Phi) is 4.07. The van der Waals surface area contributed by atoms with E-state index < -0.39 is 0 Å². The van der Waals surface area contributed by atoms with Gasteiger partial charge in [0.15, 0.2) is 0 Å². The largest absolute Gasteiger partial charge is 0.491 e. The molecular weight excluding hydrogens is 230 g/mol. The molecule has 98 valence electrons. The zero-order valence-corrected chi connectivity index (χ0v) is 10.9. The van der Waals surface area contributed by atoms with Gasteiger partial charge >= 0.3 is 5.97 Å². The molecular formula is C14H19NO3. The normalized spacial score (nSPS) is 14.0. The van der Waals surface area contributed by atoms with E-state index in [1.54, 1.807) is 6.07 Å². The van der Waals surface area contributed by atoms with Crippen LogP contribution >= 0.6 is 0 Å². The minimum atomic E-state index is -0.307. The number of carbonyl (C=O) groups excluding carboxylic acids is 1. The molecule has 0 bridgehead atoms. The van der Waals surface area contributed by atoms with E-state index >= 15 is 0 Å². The highest BCUT2D eigenvalue weighted by molar-refractivity contribution is 5.97. The molecule has 1 saturated heterocycles. The number of ether oxygens (including phenoxy) is 2. The van der Waals surface area contributed by atoms with Gasteiger partial charge in [-0.3, -0.25) is 0 Å². The molecule has 0 atom stereocenters. The van der Waals surface area contributed by atoms with Crippen LogP contribution in [0.3, 0.4) is 0 Å². The second-order valence-corrected chi connectivity index (χ2v) is 4.33. The monoisotopic (exact) mass is 249 g/mol. The molecule has 1 aromatic rings. The average Bonchev–Trinajstić information content (AvgIpc) is 2.34. The lowest BCUT2D eigenvalue weighted by Gasteiger charge is -2.35. The lowest BCUT2D eigenvalue weighted by molar-refractivity contribution is 0.0601. The van der Waals surface area contributed by atoms with Crippen LogP contribution in [0.15, 0.2) is 18.2 Å². The van der Waals surface area contributed by atoms with Gasteiger partial charge in [0.25, 0.3) is 0 Å². The number of hydrogen-bond acceptors (Lipinski definition) is 4. The molecule has 0 aromatic heterocycles. The Morgan fingerprint density at radius 3 is 2.72 bits per heavy atom. The third kappa shape index (κ3) is 2.42. The van der Waals surface area contributed by atoms with E-state index in [1.165, 1.54) is 7.11 Å². The Bertz CT molecular complexity index is 427. The van der Waals surface area contributed by atoms with E-state index in [4.69, 9.17) is 9.47 Å². The Morgan fingerprint density at radius 1 is 1.39 bits per heavy atom. The van der Waals surface area contributed by atoms with Crippen molar-refractivity contribution in [1.82, 2.24) is 0 Å². The van der Waals surface area contributed by atoms with Gasteiger partial charge in [0.05, 0.1) is 25.0 Å². The van der Waals surface area contributed by atoms with Crippen molar-refractivity contribution < 1.29 is 14.3 Å². The third-order valence-corrected chi connectivity index (χ3v) is 3.04. The highest BCUT2D eigenvalue weighted by Crippen LogP contribution is 2.35. The van der Waals surface area contributed by atoms with Crippen LogP contribution < -0.4 is 9.64 Å². The molecule has 1 aliphatic rings. The topological polar surface area (TPSA) is 38.8 Å². The van der Waals surface area contributed by atoms with Gasteiger partial charge in [-0.1, -0.05) is 13.0 Å². The number of para-hydroxylation sites is 1. The predicted molar refractivity (Wildman–Crippen MR) is 70.4 cm³/mol. The number of methoxy groups -OCH3 is 1. The van der Waals surface area contributed by atoms with Crippen LogP contribution in [-0.4, -0.2) is 32.8 Å². The maximum atomic E-state index is 11.8. The summed E-state index contributed by atoms with van der Waals surface area (Å²) < 4.78 is 10.6. The average molecular weight is 249 g/mol. The van der Waals surface area contributed by atoms with Crippen molar-refractivity contribution in [2.75, 3.05) is 31.7 Å². The Balaban J connectivity index is 2.35. The number of nitrogens with zero attached hydrogens (tertiary/aromatic N) is 1. The number of carbonyl (C=O) groups is 1. The molecule has 2 rings (SSSR count).